The lowest BCUT2D eigenvalue weighted by molar-refractivity contribution is -0.136. The number of carbonyl (C=O) groups is 1. The maximum Gasteiger partial charge on any atom is 0.335 e. The van der Waals surface area contributed by atoms with Crippen LogP contribution in [0.15, 0.2) is 54.1 Å². The van der Waals surface area contributed by atoms with Gasteiger partial charge in [-0.2, -0.15) is 4.31 Å². The molecule has 5 nitrogen and oxygen atoms in total. The Morgan fingerprint density at radius 3 is 2.25 bits per heavy atom. The third-order valence-corrected chi connectivity index (χ3v) is 10.7. The van der Waals surface area contributed by atoms with Gasteiger partial charge in [0, 0.05) is 20.2 Å². The number of benzene rings is 2. The molecule has 1 aliphatic heterocycles. The molecule has 0 N–H and O–H groups in total. The molecule has 1 unspecified atom stereocenters. The first kappa shape index (κ1) is 28.1. The summed E-state index contributed by atoms with van der Waals surface area (Å²) in [6.07, 6.45) is 1.78. The van der Waals surface area contributed by atoms with Gasteiger partial charge >= 0.3 is 5.97 Å². The van der Waals surface area contributed by atoms with Gasteiger partial charge in [-0.3, -0.25) is 0 Å². The summed E-state index contributed by atoms with van der Waals surface area (Å²) in [5.41, 5.74) is 6.93. The molecule has 0 aliphatic carbocycles. The molecule has 0 bridgehead atoms. The summed E-state index contributed by atoms with van der Waals surface area (Å²) >= 11 is 0. The van der Waals surface area contributed by atoms with Crippen LogP contribution in [0.1, 0.15) is 28.3 Å². The number of hydrogen-bond acceptors (Lipinski definition) is 4. The summed E-state index contributed by atoms with van der Waals surface area (Å²) < 4.78 is 34.4. The molecule has 0 saturated carbocycles. The highest BCUT2D eigenvalue weighted by atomic mass is 32.2. The number of esters is 1. The van der Waals surface area contributed by atoms with E-state index in [4.69, 9.17) is 4.74 Å². The van der Waals surface area contributed by atoms with Gasteiger partial charge in [0.2, 0.25) is 10.0 Å². The topological polar surface area (TPSA) is 63.7 Å². The maximum absolute atomic E-state index is 13.9. The first-order valence-electron chi connectivity index (χ1n) is 12.2. The van der Waals surface area contributed by atoms with Crippen LogP contribution in [0, 0.1) is 11.5 Å². The minimum absolute atomic E-state index is 0.0512. The lowest BCUT2D eigenvalue weighted by Gasteiger charge is -2.32. The van der Waals surface area contributed by atoms with Crippen molar-refractivity contribution in [1.82, 2.24) is 4.31 Å². The van der Waals surface area contributed by atoms with Gasteiger partial charge in [-0.1, -0.05) is 81.6 Å². The molecule has 192 valence electrons. The van der Waals surface area contributed by atoms with Gasteiger partial charge in [0.15, 0.2) is 0 Å². The summed E-state index contributed by atoms with van der Waals surface area (Å²) in [6, 6.07) is 15.0. The molecule has 2 aromatic carbocycles. The van der Waals surface area contributed by atoms with E-state index in [9.17, 15) is 13.2 Å². The molecular formula is C28H37NO4SSi2. The number of nitrogens with zero attached hydrogens (tertiary/aromatic N) is 1. The molecule has 1 heterocycles. The highest BCUT2D eigenvalue weighted by Gasteiger charge is 2.39. The number of methoxy groups -OCH3 is 1. The lowest BCUT2D eigenvalue weighted by Crippen LogP contribution is -2.39. The quantitative estimate of drug-likeness (QED) is 0.268. The molecule has 0 spiro atoms. The molecule has 3 rings (SSSR count). The van der Waals surface area contributed by atoms with Crippen LogP contribution in [0.2, 0.25) is 45.3 Å². The van der Waals surface area contributed by atoms with Crippen LogP contribution in [-0.4, -0.2) is 47.7 Å². The first-order valence-corrected chi connectivity index (χ1v) is 21.0. The molecule has 8 heteroatoms. The minimum Gasteiger partial charge on any atom is -0.466 e. The average Bonchev–Trinajstić information content (AvgIpc) is 2.98. The smallest absolute Gasteiger partial charge is 0.335 e. The van der Waals surface area contributed by atoms with Crippen molar-refractivity contribution in [1.29, 1.82) is 0 Å². The summed E-state index contributed by atoms with van der Waals surface area (Å²) in [5, 5.41) is 0. The van der Waals surface area contributed by atoms with Crippen molar-refractivity contribution in [3.63, 3.8) is 0 Å². The standard InChI is InChI=1S/C28H37NO4SSi2/c1-33-28(30)26-20-24-10-8-9-11-25(24)21-29(34(31,32)17-19-36(5,6)7)27(26)23-14-12-22(13-15-23)16-18-35(2,3)4/h8-15,20,27H,17,19,21H2,1-7H3. The van der Waals surface area contributed by atoms with Gasteiger partial charge in [0.1, 0.15) is 8.07 Å². The van der Waals surface area contributed by atoms with Gasteiger partial charge in [-0.25, -0.2) is 13.2 Å². The second kappa shape index (κ2) is 10.9. The maximum atomic E-state index is 13.9. The molecule has 0 saturated heterocycles. The predicted octanol–water partition coefficient (Wildman–Crippen LogP) is 5.70. The van der Waals surface area contributed by atoms with Crippen molar-refractivity contribution in [3.05, 3.63) is 76.4 Å². The van der Waals surface area contributed by atoms with E-state index in [0.29, 0.717) is 11.6 Å². The second-order valence-electron chi connectivity index (χ2n) is 11.5. The van der Waals surface area contributed by atoms with Crippen molar-refractivity contribution >= 4 is 38.2 Å². The summed E-state index contributed by atoms with van der Waals surface area (Å²) in [7, 11) is -5.52. The van der Waals surface area contributed by atoms with Gasteiger partial charge in [0.25, 0.3) is 0 Å². The zero-order valence-electron chi connectivity index (χ0n) is 22.4. The van der Waals surface area contributed by atoms with Crippen LogP contribution in [-0.2, 0) is 26.1 Å². The Hall–Kier alpha value is -2.45. The minimum atomic E-state index is -3.70. The van der Waals surface area contributed by atoms with E-state index in [1.54, 1.807) is 6.08 Å². The molecule has 0 fully saturated rings. The van der Waals surface area contributed by atoms with Gasteiger partial charge in [-0.05, 0) is 40.9 Å². The summed E-state index contributed by atoms with van der Waals surface area (Å²) in [6.45, 7) is 13.2. The van der Waals surface area contributed by atoms with E-state index in [1.807, 2.05) is 48.5 Å². The van der Waals surface area contributed by atoms with E-state index in [1.165, 1.54) is 11.4 Å². The third kappa shape index (κ3) is 7.29. The fourth-order valence-corrected chi connectivity index (χ4v) is 9.06. The van der Waals surface area contributed by atoms with E-state index in [-0.39, 0.29) is 12.3 Å². The number of fused-ring (bicyclic) bond motifs is 1. The van der Waals surface area contributed by atoms with Crippen LogP contribution < -0.4 is 0 Å². The number of rotatable bonds is 6. The Labute approximate surface area is 218 Å². The Balaban J connectivity index is 2.17. The van der Waals surface area contributed by atoms with Crippen LogP contribution >= 0.6 is 0 Å². The van der Waals surface area contributed by atoms with Crippen LogP contribution in [0.4, 0.5) is 0 Å². The molecule has 1 atom stereocenters. The summed E-state index contributed by atoms with van der Waals surface area (Å²) in [4.78, 5) is 13.1. The zero-order valence-corrected chi connectivity index (χ0v) is 25.2. The molecule has 2 aromatic rings. The number of sulfonamides is 1. The van der Waals surface area contributed by atoms with Crippen LogP contribution in [0.25, 0.3) is 6.08 Å². The number of ether oxygens (including phenoxy) is 1. The van der Waals surface area contributed by atoms with Crippen molar-refractivity contribution < 1.29 is 17.9 Å². The first-order chi connectivity index (χ1) is 16.7. The Bertz CT molecular complexity index is 1310. The molecule has 1 aliphatic rings. The normalized spacial score (nSPS) is 16.8. The molecule has 0 radical (unpaired) electrons. The average molecular weight is 540 g/mol. The zero-order chi connectivity index (χ0) is 26.7. The lowest BCUT2D eigenvalue weighted by atomic mass is 9.96. The van der Waals surface area contributed by atoms with Gasteiger partial charge in [0.05, 0.1) is 24.5 Å². The van der Waals surface area contributed by atoms with Gasteiger partial charge < -0.3 is 4.74 Å². The molecule has 0 amide bonds. The molecular weight excluding hydrogens is 503 g/mol. The van der Waals surface area contributed by atoms with Crippen molar-refractivity contribution in [2.75, 3.05) is 12.9 Å². The van der Waals surface area contributed by atoms with Crippen LogP contribution in [0.5, 0.6) is 0 Å². The Morgan fingerprint density at radius 2 is 1.67 bits per heavy atom. The monoisotopic (exact) mass is 539 g/mol. The van der Waals surface area contributed by atoms with E-state index >= 15 is 0 Å². The second-order valence-corrected chi connectivity index (χ2v) is 23.9. The Morgan fingerprint density at radius 1 is 1.03 bits per heavy atom. The van der Waals surface area contributed by atoms with Crippen molar-refractivity contribution in [3.8, 4) is 11.5 Å². The SMILES string of the molecule is COC(=O)C1=Cc2ccccc2CN(S(=O)(=O)CC[Si](C)(C)C)C1c1ccc(C#C[Si](C)(C)C)cc1. The highest BCUT2D eigenvalue weighted by Crippen LogP contribution is 2.38. The fourth-order valence-electron chi connectivity index (χ4n) is 3.93. The molecule has 0 aromatic heterocycles. The number of hydrogen-bond donors (Lipinski definition) is 0. The summed E-state index contributed by atoms with van der Waals surface area (Å²) in [5.74, 6) is 2.76. The highest BCUT2D eigenvalue weighted by molar-refractivity contribution is 7.89. The third-order valence-electron chi connectivity index (χ3n) is 5.97. The molecule has 36 heavy (non-hydrogen) atoms. The van der Waals surface area contributed by atoms with Crippen molar-refractivity contribution in [2.45, 2.75) is 57.9 Å². The largest absolute Gasteiger partial charge is 0.466 e. The van der Waals surface area contributed by atoms with E-state index in [2.05, 4.69) is 50.7 Å². The van der Waals surface area contributed by atoms with Crippen LogP contribution in [0.3, 0.4) is 0 Å². The Kier molecular flexibility index (Phi) is 8.51. The van der Waals surface area contributed by atoms with Crippen molar-refractivity contribution in [2.24, 2.45) is 0 Å². The van der Waals surface area contributed by atoms with E-state index < -0.39 is 38.2 Å². The van der Waals surface area contributed by atoms with Gasteiger partial charge in [-0.15, -0.1) is 5.54 Å². The predicted molar refractivity (Wildman–Crippen MR) is 153 cm³/mol. The van der Waals surface area contributed by atoms with E-state index in [0.717, 1.165) is 22.3 Å². The number of carbonyl (C=O) groups excluding carboxylic acids is 1. The fraction of sp³-hybridized carbons (Fsp3) is 0.393.